The van der Waals surface area contributed by atoms with Gasteiger partial charge in [-0.15, -0.1) is 0 Å². The predicted octanol–water partition coefficient (Wildman–Crippen LogP) is 2.60. The first-order valence-corrected chi connectivity index (χ1v) is 8.20. The van der Waals surface area contributed by atoms with Gasteiger partial charge in [0.2, 0.25) is 5.91 Å². The van der Waals surface area contributed by atoms with Crippen molar-refractivity contribution in [2.75, 3.05) is 7.11 Å². The minimum Gasteiger partial charge on any atom is -0.468 e. The normalized spacial score (nSPS) is 26.7. The summed E-state index contributed by atoms with van der Waals surface area (Å²) in [5.41, 5.74) is 1.99. The van der Waals surface area contributed by atoms with Crippen LogP contribution in [0.5, 0.6) is 0 Å². The van der Waals surface area contributed by atoms with Crippen molar-refractivity contribution in [1.29, 1.82) is 0 Å². The Bertz CT molecular complexity index is 738. The van der Waals surface area contributed by atoms with Gasteiger partial charge < -0.3 is 10.1 Å². The number of hydrogen-bond donors (Lipinski definition) is 1. The number of esters is 1. The number of Topliss-reactive ketones (excluding diaryl/α,β-unsaturated/α-hetero) is 1. The zero-order valence-electron chi connectivity index (χ0n) is 13.5. The SMILES string of the molecule is COC(=O)[C@H]1C(=O)C2=C(C[C@H]1C)NC(=O)C[C@H]2c1ccc(Cl)cc1. The average Bonchev–Trinajstić information content (AvgIpc) is 2.54. The molecule has 0 radical (unpaired) electrons. The number of ketones is 1. The summed E-state index contributed by atoms with van der Waals surface area (Å²) < 4.78 is 4.80. The van der Waals surface area contributed by atoms with Crippen molar-refractivity contribution in [2.24, 2.45) is 11.8 Å². The number of amides is 1. The number of halogens is 1. The fourth-order valence-corrected chi connectivity index (χ4v) is 3.70. The van der Waals surface area contributed by atoms with Crippen LogP contribution in [0.2, 0.25) is 5.02 Å². The molecule has 1 heterocycles. The zero-order chi connectivity index (χ0) is 17.4. The standard InChI is InChI=1S/C18H18ClNO4/c1-9-7-13-16(17(22)15(9)18(23)24-2)12(8-14(21)20-13)10-3-5-11(19)6-4-10/h3-6,9,12,15H,7-8H2,1-2H3,(H,20,21)/t9-,12+,15-/m1/s1. The fourth-order valence-electron chi connectivity index (χ4n) is 3.58. The van der Waals surface area contributed by atoms with E-state index in [1.165, 1.54) is 7.11 Å². The quantitative estimate of drug-likeness (QED) is 0.659. The van der Waals surface area contributed by atoms with E-state index in [1.807, 2.05) is 19.1 Å². The second-order valence-corrected chi connectivity index (χ2v) is 6.73. The minimum atomic E-state index is -0.821. The molecule has 0 unspecified atom stereocenters. The highest BCUT2D eigenvalue weighted by atomic mass is 35.5. The van der Waals surface area contributed by atoms with Gasteiger partial charge in [0.15, 0.2) is 5.78 Å². The van der Waals surface area contributed by atoms with Gasteiger partial charge in [0.25, 0.3) is 0 Å². The molecule has 0 saturated carbocycles. The molecule has 1 aliphatic heterocycles. The van der Waals surface area contributed by atoms with E-state index in [2.05, 4.69) is 5.32 Å². The van der Waals surface area contributed by atoms with E-state index in [0.29, 0.717) is 22.7 Å². The molecule has 6 heteroatoms. The monoisotopic (exact) mass is 347 g/mol. The van der Waals surface area contributed by atoms with Crippen molar-refractivity contribution in [3.05, 3.63) is 46.1 Å². The molecule has 0 spiro atoms. The van der Waals surface area contributed by atoms with Crippen LogP contribution < -0.4 is 5.32 Å². The van der Waals surface area contributed by atoms with E-state index in [9.17, 15) is 14.4 Å². The van der Waals surface area contributed by atoms with Crippen molar-refractivity contribution < 1.29 is 19.1 Å². The van der Waals surface area contributed by atoms with Crippen LogP contribution in [0.25, 0.3) is 0 Å². The third-order valence-electron chi connectivity index (χ3n) is 4.72. The van der Waals surface area contributed by atoms with Gasteiger partial charge in [-0.25, -0.2) is 0 Å². The number of nitrogens with one attached hydrogen (secondary N) is 1. The van der Waals surface area contributed by atoms with E-state index >= 15 is 0 Å². The molecule has 3 rings (SSSR count). The maximum atomic E-state index is 13.0. The smallest absolute Gasteiger partial charge is 0.316 e. The maximum Gasteiger partial charge on any atom is 0.316 e. The van der Waals surface area contributed by atoms with Crippen molar-refractivity contribution in [3.63, 3.8) is 0 Å². The first kappa shape index (κ1) is 16.7. The summed E-state index contributed by atoms with van der Waals surface area (Å²) in [4.78, 5) is 37.1. The molecule has 1 aromatic rings. The predicted molar refractivity (Wildman–Crippen MR) is 88.3 cm³/mol. The first-order chi connectivity index (χ1) is 11.4. The van der Waals surface area contributed by atoms with E-state index in [4.69, 9.17) is 16.3 Å². The number of allylic oxidation sites excluding steroid dienone is 2. The van der Waals surface area contributed by atoms with Crippen molar-refractivity contribution in [2.45, 2.75) is 25.7 Å². The van der Waals surface area contributed by atoms with Gasteiger partial charge in [-0.3, -0.25) is 14.4 Å². The Hall–Kier alpha value is -2.14. The van der Waals surface area contributed by atoms with E-state index < -0.39 is 11.9 Å². The van der Waals surface area contributed by atoms with Crippen molar-refractivity contribution in [1.82, 2.24) is 5.32 Å². The van der Waals surface area contributed by atoms with Crippen LogP contribution >= 0.6 is 11.6 Å². The molecule has 1 aromatic carbocycles. The summed E-state index contributed by atoms with van der Waals surface area (Å²) in [6, 6.07) is 7.10. The molecule has 0 saturated heterocycles. The first-order valence-electron chi connectivity index (χ1n) is 7.82. The molecule has 1 amide bonds. The topological polar surface area (TPSA) is 72.5 Å². The summed E-state index contributed by atoms with van der Waals surface area (Å²) in [6.07, 6.45) is 0.644. The number of benzene rings is 1. The number of carbonyl (C=O) groups is 3. The van der Waals surface area contributed by atoms with Crippen LogP contribution in [-0.4, -0.2) is 24.8 Å². The number of ether oxygens (including phenoxy) is 1. The molecule has 0 fully saturated rings. The Kier molecular flexibility index (Phi) is 4.45. The van der Waals surface area contributed by atoms with E-state index in [0.717, 1.165) is 5.56 Å². The van der Waals surface area contributed by atoms with Crippen LogP contribution in [0.1, 0.15) is 31.2 Å². The van der Waals surface area contributed by atoms with Crippen LogP contribution in [0, 0.1) is 11.8 Å². The summed E-state index contributed by atoms with van der Waals surface area (Å²) >= 11 is 5.93. The molecule has 2 aliphatic rings. The highest BCUT2D eigenvalue weighted by Gasteiger charge is 2.45. The third kappa shape index (κ3) is 2.84. The van der Waals surface area contributed by atoms with Crippen molar-refractivity contribution >= 4 is 29.3 Å². The van der Waals surface area contributed by atoms with Crippen LogP contribution in [0.15, 0.2) is 35.5 Å². The highest BCUT2D eigenvalue weighted by molar-refractivity contribution is 6.30. The number of methoxy groups -OCH3 is 1. The Morgan fingerprint density at radius 1 is 1.21 bits per heavy atom. The Balaban J connectivity index is 2.06. The number of hydrogen-bond acceptors (Lipinski definition) is 4. The fraction of sp³-hybridized carbons (Fsp3) is 0.389. The molecule has 1 aliphatic carbocycles. The van der Waals surface area contributed by atoms with Gasteiger partial charge in [-0.2, -0.15) is 0 Å². The van der Waals surface area contributed by atoms with Gasteiger partial charge in [-0.05, 0) is 30.0 Å². The largest absolute Gasteiger partial charge is 0.468 e. The maximum absolute atomic E-state index is 13.0. The van der Waals surface area contributed by atoms with Gasteiger partial charge in [0.05, 0.1) is 7.11 Å². The second kappa shape index (κ2) is 6.40. The lowest BCUT2D eigenvalue weighted by Crippen LogP contribution is -2.44. The van der Waals surface area contributed by atoms with E-state index in [-0.39, 0.29) is 29.9 Å². The summed E-state index contributed by atoms with van der Waals surface area (Å²) in [5.74, 6) is -2.30. The Morgan fingerprint density at radius 2 is 1.88 bits per heavy atom. The molecule has 0 aromatic heterocycles. The second-order valence-electron chi connectivity index (χ2n) is 6.30. The Morgan fingerprint density at radius 3 is 2.50 bits per heavy atom. The molecule has 24 heavy (non-hydrogen) atoms. The molecular formula is C18H18ClNO4. The molecule has 1 N–H and O–H groups in total. The molecular weight excluding hydrogens is 330 g/mol. The number of carbonyl (C=O) groups excluding carboxylic acids is 3. The van der Waals surface area contributed by atoms with Gasteiger partial charge >= 0.3 is 5.97 Å². The van der Waals surface area contributed by atoms with Gasteiger partial charge in [0, 0.05) is 28.6 Å². The lowest BCUT2D eigenvalue weighted by Gasteiger charge is -2.36. The average molecular weight is 348 g/mol. The minimum absolute atomic E-state index is 0.120. The van der Waals surface area contributed by atoms with Crippen LogP contribution in [-0.2, 0) is 19.1 Å². The third-order valence-corrected chi connectivity index (χ3v) is 4.98. The van der Waals surface area contributed by atoms with Gasteiger partial charge in [0.1, 0.15) is 5.92 Å². The summed E-state index contributed by atoms with van der Waals surface area (Å²) in [6.45, 7) is 1.82. The molecule has 126 valence electrons. The van der Waals surface area contributed by atoms with Gasteiger partial charge in [-0.1, -0.05) is 30.7 Å². The zero-order valence-corrected chi connectivity index (χ0v) is 14.2. The molecule has 3 atom stereocenters. The lowest BCUT2D eigenvalue weighted by molar-refractivity contribution is -0.151. The molecule has 0 bridgehead atoms. The van der Waals surface area contributed by atoms with Crippen molar-refractivity contribution in [3.8, 4) is 0 Å². The number of rotatable bonds is 2. The summed E-state index contributed by atoms with van der Waals surface area (Å²) in [5, 5.41) is 3.40. The molecule has 5 nitrogen and oxygen atoms in total. The van der Waals surface area contributed by atoms with Crippen LogP contribution in [0.4, 0.5) is 0 Å². The van der Waals surface area contributed by atoms with E-state index in [1.54, 1.807) is 12.1 Å². The summed E-state index contributed by atoms with van der Waals surface area (Å²) in [7, 11) is 1.28. The highest BCUT2D eigenvalue weighted by Crippen LogP contribution is 2.42. The Labute approximate surface area is 145 Å². The van der Waals surface area contributed by atoms with Crippen LogP contribution in [0.3, 0.4) is 0 Å². The lowest BCUT2D eigenvalue weighted by atomic mass is 9.70.